The van der Waals surface area contributed by atoms with Gasteiger partial charge in [-0.05, 0) is 51.5 Å². The number of piperidine rings is 1. The Labute approximate surface area is 149 Å². The molecule has 0 radical (unpaired) electrons. The summed E-state index contributed by atoms with van der Waals surface area (Å²) in [4.78, 5) is 29.8. The van der Waals surface area contributed by atoms with Crippen LogP contribution in [0.25, 0.3) is 0 Å². The molecule has 1 aromatic heterocycles. The van der Waals surface area contributed by atoms with Gasteiger partial charge in [-0.15, -0.1) is 0 Å². The van der Waals surface area contributed by atoms with Crippen molar-refractivity contribution in [3.05, 3.63) is 17.5 Å². The first-order valence-electron chi connectivity index (χ1n) is 9.71. The van der Waals surface area contributed by atoms with Crippen LogP contribution in [0.4, 0.5) is 0 Å². The molecule has 4 aliphatic rings. The number of fused-ring (bicyclic) bond motifs is 4. The zero-order valence-corrected chi connectivity index (χ0v) is 15.3. The largest absolute Gasteiger partial charge is 0.340 e. The van der Waals surface area contributed by atoms with E-state index < -0.39 is 0 Å². The summed E-state index contributed by atoms with van der Waals surface area (Å²) in [6, 6.07) is 2.03. The molecule has 1 saturated carbocycles. The Morgan fingerprint density at radius 3 is 2.60 bits per heavy atom. The fourth-order valence-electron chi connectivity index (χ4n) is 4.51. The summed E-state index contributed by atoms with van der Waals surface area (Å²) < 4.78 is 1.87. The van der Waals surface area contributed by atoms with Crippen LogP contribution in [0.1, 0.15) is 55.2 Å². The zero-order valence-electron chi connectivity index (χ0n) is 15.3. The lowest BCUT2D eigenvalue weighted by molar-refractivity contribution is -0.138. The summed E-state index contributed by atoms with van der Waals surface area (Å²) in [6.07, 6.45) is 5.38. The van der Waals surface area contributed by atoms with Gasteiger partial charge in [0.25, 0.3) is 5.91 Å². The number of aromatic nitrogens is 2. The minimum atomic E-state index is 0.0305. The monoisotopic (exact) mass is 344 g/mol. The van der Waals surface area contributed by atoms with Crippen LogP contribution >= 0.6 is 0 Å². The van der Waals surface area contributed by atoms with Gasteiger partial charge in [0.1, 0.15) is 0 Å². The predicted molar refractivity (Wildman–Crippen MR) is 94.1 cm³/mol. The highest BCUT2D eigenvalue weighted by atomic mass is 16.2. The second-order valence-corrected chi connectivity index (χ2v) is 7.91. The van der Waals surface area contributed by atoms with Gasteiger partial charge in [-0.3, -0.25) is 14.3 Å². The highest BCUT2D eigenvalue weighted by Crippen LogP contribution is 2.33. The second kappa shape index (κ2) is 6.46. The first-order chi connectivity index (χ1) is 12.1. The Morgan fingerprint density at radius 1 is 1.16 bits per heavy atom. The molecule has 6 nitrogen and oxygen atoms in total. The van der Waals surface area contributed by atoms with Crippen molar-refractivity contribution in [3.8, 4) is 0 Å². The van der Waals surface area contributed by atoms with Crippen molar-refractivity contribution in [1.29, 1.82) is 0 Å². The van der Waals surface area contributed by atoms with E-state index in [1.54, 1.807) is 0 Å². The summed E-state index contributed by atoms with van der Waals surface area (Å²) in [7, 11) is 0. The average molecular weight is 344 g/mol. The first-order valence-corrected chi connectivity index (χ1v) is 9.71. The molecule has 3 aliphatic heterocycles. The molecule has 1 aliphatic carbocycles. The van der Waals surface area contributed by atoms with Gasteiger partial charge >= 0.3 is 0 Å². The summed E-state index contributed by atoms with van der Waals surface area (Å²) in [5.41, 5.74) is 1.57. The number of hydrogen-bond donors (Lipinski definition) is 0. The van der Waals surface area contributed by atoms with Crippen LogP contribution in [0.5, 0.6) is 0 Å². The smallest absolute Gasteiger partial charge is 0.274 e. The number of carbonyl (C=O) groups is 2. The van der Waals surface area contributed by atoms with Gasteiger partial charge in [0.05, 0.1) is 0 Å². The van der Waals surface area contributed by atoms with Gasteiger partial charge in [-0.2, -0.15) is 5.10 Å². The van der Waals surface area contributed by atoms with E-state index in [9.17, 15) is 9.59 Å². The molecule has 1 aromatic rings. The topological polar surface area (TPSA) is 58.4 Å². The summed E-state index contributed by atoms with van der Waals surface area (Å²) in [5.74, 6) is 0.997. The molecular weight excluding hydrogens is 316 g/mol. The molecule has 0 spiro atoms. The van der Waals surface area contributed by atoms with Crippen LogP contribution in [0, 0.1) is 18.8 Å². The normalized spacial score (nSPS) is 26.5. The van der Waals surface area contributed by atoms with Gasteiger partial charge in [0.2, 0.25) is 5.91 Å². The molecule has 6 heteroatoms. The first kappa shape index (κ1) is 16.6. The van der Waals surface area contributed by atoms with Crippen LogP contribution < -0.4 is 0 Å². The Bertz CT molecular complexity index is 679. The van der Waals surface area contributed by atoms with Crippen molar-refractivity contribution < 1.29 is 9.59 Å². The highest BCUT2D eigenvalue weighted by molar-refractivity contribution is 5.93. The molecule has 0 aromatic carbocycles. The maximum Gasteiger partial charge on any atom is 0.274 e. The fraction of sp³-hybridized carbons (Fsp3) is 0.737. The van der Waals surface area contributed by atoms with E-state index in [2.05, 4.69) is 10.00 Å². The number of amides is 2. The summed E-state index contributed by atoms with van der Waals surface area (Å²) in [5, 5.41) is 4.47. The van der Waals surface area contributed by atoms with Crippen molar-refractivity contribution in [3.63, 3.8) is 0 Å². The standard InChI is InChI=1S/C19H28N4O2/c1-3-23-13(2)9-17(20-23)19(25)22-11-14-7-8-16(22)12-21(10-14)18(24)15-5-4-6-15/h9,14-16H,3-8,10-12H2,1-2H3/t14-,16+/m0/s1. The lowest BCUT2D eigenvalue weighted by Gasteiger charge is -2.35. The van der Waals surface area contributed by atoms with E-state index in [0.29, 0.717) is 24.1 Å². The summed E-state index contributed by atoms with van der Waals surface area (Å²) in [6.45, 7) is 7.07. The fourth-order valence-corrected chi connectivity index (χ4v) is 4.51. The van der Waals surface area contributed by atoms with E-state index in [-0.39, 0.29) is 17.9 Å². The Kier molecular flexibility index (Phi) is 4.29. The molecule has 2 atom stereocenters. The second-order valence-electron chi connectivity index (χ2n) is 7.91. The molecule has 136 valence electrons. The van der Waals surface area contributed by atoms with Crippen molar-refractivity contribution in [2.45, 2.75) is 58.5 Å². The van der Waals surface area contributed by atoms with E-state index in [1.165, 1.54) is 6.42 Å². The minimum absolute atomic E-state index is 0.0305. The number of aryl methyl sites for hydroxylation is 2. The molecule has 3 saturated heterocycles. The van der Waals surface area contributed by atoms with Gasteiger partial charge in [-0.25, -0.2) is 0 Å². The third-order valence-corrected chi connectivity index (χ3v) is 6.24. The highest BCUT2D eigenvalue weighted by Gasteiger charge is 2.41. The third-order valence-electron chi connectivity index (χ3n) is 6.24. The Balaban J connectivity index is 1.51. The number of hydrogen-bond acceptors (Lipinski definition) is 3. The maximum atomic E-state index is 13.0. The third kappa shape index (κ3) is 2.96. The van der Waals surface area contributed by atoms with E-state index in [0.717, 1.165) is 51.0 Å². The molecule has 4 heterocycles. The van der Waals surface area contributed by atoms with Crippen LogP contribution in [-0.2, 0) is 11.3 Å². The molecule has 2 bridgehead atoms. The number of carbonyl (C=O) groups excluding carboxylic acids is 2. The quantitative estimate of drug-likeness (QED) is 0.843. The number of rotatable bonds is 3. The van der Waals surface area contributed by atoms with Gasteiger partial charge in [0.15, 0.2) is 5.69 Å². The predicted octanol–water partition coefficient (Wildman–Crippen LogP) is 2.07. The number of nitrogens with zero attached hydrogens (tertiary/aromatic N) is 4. The van der Waals surface area contributed by atoms with Crippen LogP contribution in [0.2, 0.25) is 0 Å². The summed E-state index contributed by atoms with van der Waals surface area (Å²) >= 11 is 0. The van der Waals surface area contributed by atoms with Crippen LogP contribution in [0.15, 0.2) is 6.07 Å². The van der Waals surface area contributed by atoms with E-state index in [1.807, 2.05) is 29.5 Å². The lowest BCUT2D eigenvalue weighted by Crippen LogP contribution is -2.48. The zero-order chi connectivity index (χ0) is 17.6. The van der Waals surface area contributed by atoms with Crippen molar-refractivity contribution in [1.82, 2.24) is 19.6 Å². The Morgan fingerprint density at radius 2 is 1.96 bits per heavy atom. The SMILES string of the molecule is CCn1nc(C(=O)N2C[C@H]3CC[C@@H]2CN(C(=O)C2CCC2)C3)cc1C. The average Bonchev–Trinajstić information content (AvgIpc) is 2.73. The van der Waals surface area contributed by atoms with Gasteiger partial charge < -0.3 is 9.80 Å². The molecule has 5 rings (SSSR count). The maximum absolute atomic E-state index is 13.0. The molecule has 0 unspecified atom stereocenters. The van der Waals surface area contributed by atoms with Gasteiger partial charge in [0, 0.05) is 43.8 Å². The van der Waals surface area contributed by atoms with E-state index in [4.69, 9.17) is 0 Å². The molecule has 0 N–H and O–H groups in total. The minimum Gasteiger partial charge on any atom is -0.340 e. The molecule has 2 amide bonds. The van der Waals surface area contributed by atoms with Crippen molar-refractivity contribution in [2.75, 3.05) is 19.6 Å². The van der Waals surface area contributed by atoms with E-state index >= 15 is 0 Å². The van der Waals surface area contributed by atoms with Gasteiger partial charge in [-0.1, -0.05) is 6.42 Å². The van der Waals surface area contributed by atoms with Crippen molar-refractivity contribution >= 4 is 11.8 Å². The van der Waals surface area contributed by atoms with Crippen LogP contribution in [-0.4, -0.2) is 57.1 Å². The van der Waals surface area contributed by atoms with Crippen LogP contribution in [0.3, 0.4) is 0 Å². The Hall–Kier alpha value is -1.85. The van der Waals surface area contributed by atoms with Crippen molar-refractivity contribution in [2.24, 2.45) is 11.8 Å². The molecular formula is C19H28N4O2. The molecule has 25 heavy (non-hydrogen) atoms. The lowest BCUT2D eigenvalue weighted by atomic mass is 9.84. The molecule has 4 fully saturated rings.